The van der Waals surface area contributed by atoms with Gasteiger partial charge in [0.05, 0.1) is 23.0 Å². The van der Waals surface area contributed by atoms with E-state index in [1.165, 1.54) is 11.8 Å². The summed E-state index contributed by atoms with van der Waals surface area (Å²) in [5, 5.41) is 1.58. The number of ether oxygens (including phenoxy) is 1. The molecule has 3 aromatic rings. The van der Waals surface area contributed by atoms with Gasteiger partial charge in [-0.05, 0) is 24.5 Å². The highest BCUT2D eigenvalue weighted by atomic mass is 32.2. The van der Waals surface area contributed by atoms with Gasteiger partial charge >= 0.3 is 5.97 Å². The number of carbonyl (C=O) groups excluding carboxylic acids is 1. The molecule has 22 heavy (non-hydrogen) atoms. The lowest BCUT2D eigenvalue weighted by Gasteiger charge is -2.05. The van der Waals surface area contributed by atoms with Gasteiger partial charge in [0.25, 0.3) is 0 Å². The van der Waals surface area contributed by atoms with Gasteiger partial charge in [0, 0.05) is 11.6 Å². The number of esters is 1. The third kappa shape index (κ3) is 3.23. The summed E-state index contributed by atoms with van der Waals surface area (Å²) in [7, 11) is 0. The Morgan fingerprint density at radius 3 is 2.77 bits per heavy atom. The van der Waals surface area contributed by atoms with Crippen LogP contribution in [0, 0.1) is 0 Å². The van der Waals surface area contributed by atoms with E-state index in [2.05, 4.69) is 15.0 Å². The number of aromatic nitrogens is 3. The van der Waals surface area contributed by atoms with Crippen LogP contribution in [0.15, 0.2) is 53.9 Å². The van der Waals surface area contributed by atoms with Crippen LogP contribution in [0.25, 0.3) is 10.9 Å². The van der Waals surface area contributed by atoms with Gasteiger partial charge in [-0.1, -0.05) is 30.0 Å². The number of nitrogens with zero attached hydrogens (tertiary/aromatic N) is 3. The van der Waals surface area contributed by atoms with E-state index in [1.54, 1.807) is 36.7 Å². The summed E-state index contributed by atoms with van der Waals surface area (Å²) in [5.41, 5.74) is 1.96. The molecule has 0 aliphatic heterocycles. The van der Waals surface area contributed by atoms with E-state index < -0.39 is 0 Å². The second-order valence-corrected chi connectivity index (χ2v) is 5.31. The van der Waals surface area contributed by atoms with E-state index in [1.807, 2.05) is 18.4 Å². The number of pyridine rings is 1. The van der Waals surface area contributed by atoms with Crippen molar-refractivity contribution in [2.75, 3.05) is 6.26 Å². The minimum Gasteiger partial charge on any atom is -0.456 e. The molecule has 2 heterocycles. The van der Waals surface area contributed by atoms with Crippen LogP contribution in [0.4, 0.5) is 0 Å². The molecule has 0 aliphatic carbocycles. The number of carbonyl (C=O) groups is 1. The summed E-state index contributed by atoms with van der Waals surface area (Å²) in [6.07, 6.45) is 5.34. The molecular weight excluding hydrogens is 298 g/mol. The summed E-state index contributed by atoms with van der Waals surface area (Å²) in [6, 6.07) is 10.7. The van der Waals surface area contributed by atoms with Crippen LogP contribution in [-0.4, -0.2) is 27.2 Å². The third-order valence-corrected chi connectivity index (χ3v) is 3.61. The van der Waals surface area contributed by atoms with E-state index in [-0.39, 0.29) is 12.6 Å². The Morgan fingerprint density at radius 2 is 2.00 bits per heavy atom. The molecule has 0 saturated heterocycles. The first-order valence-corrected chi connectivity index (χ1v) is 7.86. The van der Waals surface area contributed by atoms with Crippen LogP contribution in [0.5, 0.6) is 0 Å². The fraction of sp³-hybridized carbons (Fsp3) is 0.125. The van der Waals surface area contributed by atoms with Crippen LogP contribution in [0.3, 0.4) is 0 Å². The number of thioether (sulfide) groups is 1. The molecule has 6 heteroatoms. The lowest BCUT2D eigenvalue weighted by atomic mass is 10.2. The summed E-state index contributed by atoms with van der Waals surface area (Å²) in [5.74, 6) is -0.364. The third-order valence-electron chi connectivity index (χ3n) is 3.04. The van der Waals surface area contributed by atoms with Crippen LogP contribution >= 0.6 is 11.8 Å². The first-order chi connectivity index (χ1) is 10.8. The topological polar surface area (TPSA) is 65.0 Å². The van der Waals surface area contributed by atoms with E-state index in [4.69, 9.17) is 4.74 Å². The molecule has 1 aromatic carbocycles. The fourth-order valence-corrected chi connectivity index (χ4v) is 2.28. The Balaban J connectivity index is 1.73. The highest BCUT2D eigenvalue weighted by Crippen LogP contribution is 2.16. The molecule has 3 rings (SSSR count). The predicted octanol–water partition coefficient (Wildman–Crippen LogP) is 3.10. The van der Waals surface area contributed by atoms with E-state index in [0.717, 1.165) is 10.9 Å². The molecule has 0 spiro atoms. The van der Waals surface area contributed by atoms with Crippen molar-refractivity contribution < 1.29 is 9.53 Å². The summed E-state index contributed by atoms with van der Waals surface area (Å²) >= 11 is 1.48. The van der Waals surface area contributed by atoms with E-state index in [0.29, 0.717) is 16.4 Å². The maximum absolute atomic E-state index is 11.9. The molecule has 0 bridgehead atoms. The molecule has 0 aliphatic rings. The zero-order valence-electron chi connectivity index (χ0n) is 11.9. The Hall–Kier alpha value is -2.47. The molecule has 110 valence electrons. The van der Waals surface area contributed by atoms with Crippen molar-refractivity contribution in [3.8, 4) is 0 Å². The van der Waals surface area contributed by atoms with Crippen molar-refractivity contribution in [1.29, 1.82) is 0 Å². The Kier molecular flexibility index (Phi) is 4.29. The second-order valence-electron chi connectivity index (χ2n) is 4.53. The molecule has 5 nitrogen and oxygen atoms in total. The maximum atomic E-state index is 11.9. The van der Waals surface area contributed by atoms with Gasteiger partial charge in [-0.3, -0.25) is 4.98 Å². The maximum Gasteiger partial charge on any atom is 0.338 e. The average molecular weight is 311 g/mol. The lowest BCUT2D eigenvalue weighted by molar-refractivity contribution is 0.0468. The lowest BCUT2D eigenvalue weighted by Crippen LogP contribution is -2.06. The standard InChI is InChI=1S/C16H13N3O2S/c1-22-16-18-8-12-7-13(17-9-14(12)19-16)10-21-15(20)11-5-3-2-4-6-11/h2-9H,10H2,1H3. The first kappa shape index (κ1) is 14.5. The molecule has 0 saturated carbocycles. The summed E-state index contributed by atoms with van der Waals surface area (Å²) < 4.78 is 5.26. The number of fused-ring (bicyclic) bond motifs is 1. The first-order valence-electron chi connectivity index (χ1n) is 6.64. The zero-order chi connectivity index (χ0) is 15.4. The fourth-order valence-electron chi connectivity index (χ4n) is 1.94. The largest absolute Gasteiger partial charge is 0.456 e. The van der Waals surface area contributed by atoms with Gasteiger partial charge in [-0.15, -0.1) is 0 Å². The summed E-state index contributed by atoms with van der Waals surface area (Å²) in [4.78, 5) is 24.7. The van der Waals surface area contributed by atoms with Crippen LogP contribution in [0.1, 0.15) is 16.1 Å². The number of rotatable bonds is 4. The molecule has 2 aromatic heterocycles. The van der Waals surface area contributed by atoms with Gasteiger partial charge in [0.1, 0.15) is 6.61 Å². The second kappa shape index (κ2) is 6.53. The monoisotopic (exact) mass is 311 g/mol. The zero-order valence-corrected chi connectivity index (χ0v) is 12.7. The molecular formula is C16H13N3O2S. The number of hydrogen-bond acceptors (Lipinski definition) is 6. The van der Waals surface area contributed by atoms with Gasteiger partial charge in [0.2, 0.25) is 0 Å². The van der Waals surface area contributed by atoms with Crippen molar-refractivity contribution in [3.05, 3.63) is 60.0 Å². The average Bonchev–Trinajstić information content (AvgIpc) is 2.59. The van der Waals surface area contributed by atoms with E-state index in [9.17, 15) is 4.79 Å². The van der Waals surface area contributed by atoms with Gasteiger partial charge < -0.3 is 4.74 Å². The Bertz CT molecular complexity index is 809. The minimum absolute atomic E-state index is 0.119. The van der Waals surface area contributed by atoms with Crippen molar-refractivity contribution in [3.63, 3.8) is 0 Å². The van der Waals surface area contributed by atoms with Crippen molar-refractivity contribution in [2.24, 2.45) is 0 Å². The Morgan fingerprint density at radius 1 is 1.18 bits per heavy atom. The van der Waals surface area contributed by atoms with Gasteiger partial charge in [-0.2, -0.15) is 0 Å². The normalized spacial score (nSPS) is 10.6. The highest BCUT2D eigenvalue weighted by Gasteiger charge is 2.08. The minimum atomic E-state index is -0.364. The molecule has 0 fully saturated rings. The molecule has 0 radical (unpaired) electrons. The van der Waals surface area contributed by atoms with Crippen molar-refractivity contribution >= 4 is 28.6 Å². The number of hydrogen-bond donors (Lipinski definition) is 0. The molecule has 0 atom stereocenters. The van der Waals surface area contributed by atoms with Gasteiger partial charge in [-0.25, -0.2) is 14.8 Å². The van der Waals surface area contributed by atoms with Gasteiger partial charge in [0.15, 0.2) is 5.16 Å². The smallest absolute Gasteiger partial charge is 0.338 e. The summed E-state index contributed by atoms with van der Waals surface area (Å²) in [6.45, 7) is 0.119. The number of benzene rings is 1. The molecule has 0 N–H and O–H groups in total. The van der Waals surface area contributed by atoms with Crippen LogP contribution in [0.2, 0.25) is 0 Å². The van der Waals surface area contributed by atoms with Crippen LogP contribution < -0.4 is 0 Å². The molecule has 0 amide bonds. The van der Waals surface area contributed by atoms with Crippen LogP contribution in [-0.2, 0) is 11.3 Å². The SMILES string of the molecule is CSc1ncc2cc(COC(=O)c3ccccc3)ncc2n1. The Labute approximate surface area is 131 Å². The molecule has 0 unspecified atom stereocenters. The van der Waals surface area contributed by atoms with Crippen molar-refractivity contribution in [1.82, 2.24) is 15.0 Å². The van der Waals surface area contributed by atoms with Crippen molar-refractivity contribution in [2.45, 2.75) is 11.8 Å². The predicted molar refractivity (Wildman–Crippen MR) is 84.7 cm³/mol. The van der Waals surface area contributed by atoms with E-state index >= 15 is 0 Å². The quantitative estimate of drug-likeness (QED) is 0.419. The highest BCUT2D eigenvalue weighted by molar-refractivity contribution is 7.98.